The van der Waals surface area contributed by atoms with Crippen molar-refractivity contribution in [3.05, 3.63) is 32.9 Å². The van der Waals surface area contributed by atoms with E-state index in [9.17, 15) is 0 Å². The molecule has 0 atom stereocenters. The summed E-state index contributed by atoms with van der Waals surface area (Å²) in [5.74, 6) is 0. The van der Waals surface area contributed by atoms with Gasteiger partial charge in [0.1, 0.15) is 0 Å². The first-order valence-corrected chi connectivity index (χ1v) is 8.61. The van der Waals surface area contributed by atoms with Crippen LogP contribution in [0.4, 0.5) is 0 Å². The summed E-state index contributed by atoms with van der Waals surface area (Å²) in [4.78, 5) is 4.55. The van der Waals surface area contributed by atoms with Crippen LogP contribution in [0, 0.1) is 0 Å². The molecule has 0 fully saturated rings. The van der Waals surface area contributed by atoms with Crippen molar-refractivity contribution in [3.63, 3.8) is 0 Å². The Labute approximate surface area is 115 Å². The Bertz CT molecular complexity index is 336. The maximum atomic E-state index is 2.32. The van der Waals surface area contributed by atoms with Gasteiger partial charge in [-0.2, -0.15) is 0 Å². The van der Waals surface area contributed by atoms with Crippen molar-refractivity contribution in [2.75, 3.05) is 6.26 Å². The minimum atomic E-state index is 1.12. The molecule has 1 aromatic heterocycles. The van der Waals surface area contributed by atoms with Crippen molar-refractivity contribution in [3.8, 4) is 0 Å². The first kappa shape index (κ1) is 14.8. The van der Waals surface area contributed by atoms with Gasteiger partial charge in [0.05, 0.1) is 0 Å². The first-order valence-electron chi connectivity index (χ1n) is 6.57. The lowest BCUT2D eigenvalue weighted by Crippen LogP contribution is -1.82. The van der Waals surface area contributed by atoms with Crippen LogP contribution in [0.15, 0.2) is 23.1 Å². The molecule has 17 heavy (non-hydrogen) atoms. The fraction of sp³-hybridized carbons (Fsp3) is 0.600. The molecular formula is C15H24S2. The molecule has 0 aliphatic heterocycles. The minimum absolute atomic E-state index is 1.12. The highest BCUT2D eigenvalue weighted by molar-refractivity contribution is 8.02. The van der Waals surface area contributed by atoms with E-state index >= 15 is 0 Å². The van der Waals surface area contributed by atoms with Crippen LogP contribution in [0.5, 0.6) is 0 Å². The van der Waals surface area contributed by atoms with Crippen LogP contribution in [-0.2, 0) is 12.8 Å². The lowest BCUT2D eigenvalue weighted by molar-refractivity contribution is 0.670. The molecule has 0 unspecified atom stereocenters. The molecule has 0 aliphatic rings. The molecule has 0 bridgehead atoms. The number of thiophene rings is 1. The van der Waals surface area contributed by atoms with E-state index in [1.54, 1.807) is 4.88 Å². The summed E-state index contributed by atoms with van der Waals surface area (Å²) in [6, 6.07) is 4.62. The maximum Gasteiger partial charge on any atom is 0.0126 e. The number of hydrogen-bond donors (Lipinski definition) is 0. The molecule has 0 saturated heterocycles. The molecule has 0 saturated carbocycles. The summed E-state index contributed by atoms with van der Waals surface area (Å²) in [6.45, 7) is 4.40. The number of allylic oxidation sites excluding steroid dienone is 2. The largest absolute Gasteiger partial charge is 0.145 e. The Morgan fingerprint density at radius 2 is 2.00 bits per heavy atom. The van der Waals surface area contributed by atoms with E-state index < -0.39 is 0 Å². The number of rotatable bonds is 8. The van der Waals surface area contributed by atoms with Crippen LogP contribution in [0.1, 0.15) is 49.3 Å². The number of unbranched alkanes of at least 4 members (excludes halogenated alkanes) is 3. The molecule has 96 valence electrons. The second-order valence-corrected chi connectivity index (χ2v) is 6.50. The Hall–Kier alpha value is -0.210. The van der Waals surface area contributed by atoms with Gasteiger partial charge in [0.2, 0.25) is 0 Å². The summed E-state index contributed by atoms with van der Waals surface area (Å²) in [5.41, 5.74) is 0. The standard InChI is InChI=1S/C15H24S2/c1-4-6-7-8-9-14-10-11-15(17-14)12-13(5-2)16-3/h5,10-11H,4,6-9,12H2,1-3H3/b13-5-. The van der Waals surface area contributed by atoms with Gasteiger partial charge in [0.15, 0.2) is 0 Å². The quantitative estimate of drug-likeness (QED) is 0.547. The lowest BCUT2D eigenvalue weighted by atomic mass is 10.1. The van der Waals surface area contributed by atoms with Gasteiger partial charge in [0.25, 0.3) is 0 Å². The molecule has 0 radical (unpaired) electrons. The van der Waals surface area contributed by atoms with E-state index in [0.29, 0.717) is 0 Å². The lowest BCUT2D eigenvalue weighted by Gasteiger charge is -2.00. The molecule has 1 rings (SSSR count). The summed E-state index contributed by atoms with van der Waals surface area (Å²) >= 11 is 3.86. The molecule has 0 amide bonds. The molecule has 0 spiro atoms. The molecule has 1 heterocycles. The maximum absolute atomic E-state index is 2.32. The van der Waals surface area contributed by atoms with E-state index in [1.165, 1.54) is 41.9 Å². The van der Waals surface area contributed by atoms with Crippen molar-refractivity contribution in [1.82, 2.24) is 0 Å². The van der Waals surface area contributed by atoms with Gasteiger partial charge >= 0.3 is 0 Å². The summed E-state index contributed by atoms with van der Waals surface area (Å²) in [7, 11) is 0. The first-order chi connectivity index (χ1) is 8.30. The Morgan fingerprint density at radius 1 is 1.24 bits per heavy atom. The normalized spacial score (nSPS) is 12.1. The highest BCUT2D eigenvalue weighted by Gasteiger charge is 2.02. The number of thioether (sulfide) groups is 1. The summed E-state index contributed by atoms with van der Waals surface area (Å²) in [5, 5.41) is 0. The third-order valence-corrected chi connectivity index (χ3v) is 4.98. The molecule has 1 aromatic rings. The van der Waals surface area contributed by atoms with Gasteiger partial charge in [-0.3, -0.25) is 0 Å². The summed E-state index contributed by atoms with van der Waals surface area (Å²) in [6.07, 6.45) is 12.2. The van der Waals surface area contributed by atoms with E-state index in [4.69, 9.17) is 0 Å². The van der Waals surface area contributed by atoms with Gasteiger partial charge in [-0.05, 0) is 43.1 Å². The molecule has 0 nitrogen and oxygen atoms in total. The Balaban J connectivity index is 2.37. The molecule has 0 aliphatic carbocycles. The van der Waals surface area contributed by atoms with Gasteiger partial charge in [-0.25, -0.2) is 0 Å². The SMILES string of the molecule is C/C=C(/Cc1ccc(CCCCCC)s1)SC. The fourth-order valence-corrected chi connectivity index (χ4v) is 3.55. The molecule has 2 heteroatoms. The highest BCUT2D eigenvalue weighted by atomic mass is 32.2. The van der Waals surface area contributed by atoms with Crippen LogP contribution in [0.3, 0.4) is 0 Å². The predicted molar refractivity (Wildman–Crippen MR) is 83.1 cm³/mol. The van der Waals surface area contributed by atoms with Gasteiger partial charge in [0, 0.05) is 16.2 Å². The van der Waals surface area contributed by atoms with Crippen molar-refractivity contribution in [2.24, 2.45) is 0 Å². The van der Waals surface area contributed by atoms with Gasteiger partial charge in [-0.1, -0.05) is 32.3 Å². The van der Waals surface area contributed by atoms with Crippen molar-refractivity contribution >= 4 is 23.1 Å². The van der Waals surface area contributed by atoms with Crippen LogP contribution < -0.4 is 0 Å². The topological polar surface area (TPSA) is 0 Å². The zero-order valence-corrected chi connectivity index (χ0v) is 12.9. The average molecular weight is 268 g/mol. The number of aryl methyl sites for hydroxylation is 1. The second kappa shape index (κ2) is 8.82. The van der Waals surface area contributed by atoms with E-state index in [-0.39, 0.29) is 0 Å². The second-order valence-electron chi connectivity index (χ2n) is 4.31. The van der Waals surface area contributed by atoms with Gasteiger partial charge in [-0.15, -0.1) is 23.1 Å². The zero-order valence-electron chi connectivity index (χ0n) is 11.3. The van der Waals surface area contributed by atoms with Crippen molar-refractivity contribution < 1.29 is 0 Å². The monoisotopic (exact) mass is 268 g/mol. The van der Waals surface area contributed by atoms with Crippen LogP contribution in [-0.4, -0.2) is 6.26 Å². The van der Waals surface area contributed by atoms with Crippen LogP contribution in [0.2, 0.25) is 0 Å². The smallest absolute Gasteiger partial charge is 0.0126 e. The molecular weight excluding hydrogens is 244 g/mol. The summed E-state index contributed by atoms with van der Waals surface area (Å²) < 4.78 is 0. The minimum Gasteiger partial charge on any atom is -0.145 e. The number of hydrogen-bond acceptors (Lipinski definition) is 2. The van der Waals surface area contributed by atoms with Crippen molar-refractivity contribution in [2.45, 2.75) is 52.4 Å². The fourth-order valence-electron chi connectivity index (χ4n) is 1.84. The van der Waals surface area contributed by atoms with E-state index in [1.807, 2.05) is 23.1 Å². The van der Waals surface area contributed by atoms with Crippen LogP contribution in [0.25, 0.3) is 0 Å². The zero-order chi connectivity index (χ0) is 12.5. The van der Waals surface area contributed by atoms with Gasteiger partial charge < -0.3 is 0 Å². The highest BCUT2D eigenvalue weighted by Crippen LogP contribution is 2.25. The van der Waals surface area contributed by atoms with Crippen LogP contribution >= 0.6 is 23.1 Å². The third kappa shape index (κ3) is 5.78. The Morgan fingerprint density at radius 3 is 2.65 bits per heavy atom. The van der Waals surface area contributed by atoms with E-state index in [0.717, 1.165) is 6.42 Å². The molecule has 0 N–H and O–H groups in total. The van der Waals surface area contributed by atoms with Crippen molar-refractivity contribution in [1.29, 1.82) is 0 Å². The average Bonchev–Trinajstić information content (AvgIpc) is 2.79. The Kier molecular flexibility index (Phi) is 7.70. The molecule has 0 aromatic carbocycles. The third-order valence-electron chi connectivity index (χ3n) is 2.93. The predicted octanol–water partition coefficient (Wildman–Crippen LogP) is 5.68. The van der Waals surface area contributed by atoms with E-state index in [2.05, 4.69) is 38.3 Å².